The standard InChI is InChI=1S/C14H13NO3/c1-2-10-15(11-14(17)18)13(16)9-8-12-6-4-3-5-7-12/h1,3-9H,10-11H2,(H,17,18). The zero-order valence-electron chi connectivity index (χ0n) is 9.74. The van der Waals surface area contributed by atoms with Gasteiger partial charge in [0.25, 0.3) is 0 Å². The number of hydrogen-bond donors (Lipinski definition) is 1. The average Bonchev–Trinajstić information content (AvgIpc) is 2.36. The number of carboxylic acid groups (broad SMARTS) is 1. The Hall–Kier alpha value is -2.54. The van der Waals surface area contributed by atoms with Crippen molar-refractivity contribution in [1.29, 1.82) is 0 Å². The van der Waals surface area contributed by atoms with Crippen molar-refractivity contribution < 1.29 is 14.7 Å². The van der Waals surface area contributed by atoms with E-state index in [0.29, 0.717) is 0 Å². The average molecular weight is 243 g/mol. The highest BCUT2D eigenvalue weighted by Crippen LogP contribution is 2.02. The van der Waals surface area contributed by atoms with Crippen LogP contribution in [0.15, 0.2) is 36.4 Å². The van der Waals surface area contributed by atoms with Crippen LogP contribution in [0.25, 0.3) is 6.08 Å². The van der Waals surface area contributed by atoms with Crippen LogP contribution in [0.2, 0.25) is 0 Å². The Balaban J connectivity index is 2.70. The zero-order chi connectivity index (χ0) is 13.4. The van der Waals surface area contributed by atoms with Crippen LogP contribution in [0.1, 0.15) is 5.56 Å². The first-order valence-electron chi connectivity index (χ1n) is 5.31. The molecule has 1 rings (SSSR count). The van der Waals surface area contributed by atoms with Crippen molar-refractivity contribution in [3.63, 3.8) is 0 Å². The maximum Gasteiger partial charge on any atom is 0.323 e. The van der Waals surface area contributed by atoms with Crippen LogP contribution in [-0.4, -0.2) is 35.0 Å². The summed E-state index contributed by atoms with van der Waals surface area (Å²) in [4.78, 5) is 23.4. The first-order chi connectivity index (χ1) is 8.63. The normalized spacial score (nSPS) is 9.94. The Bertz CT molecular complexity index is 486. The number of carbonyl (C=O) groups excluding carboxylic acids is 1. The van der Waals surface area contributed by atoms with E-state index in [2.05, 4.69) is 5.92 Å². The summed E-state index contributed by atoms with van der Waals surface area (Å²) in [6.07, 6.45) is 8.02. The van der Waals surface area contributed by atoms with Crippen LogP contribution >= 0.6 is 0 Å². The number of amides is 1. The molecular formula is C14H13NO3. The molecule has 1 aromatic carbocycles. The van der Waals surface area contributed by atoms with Gasteiger partial charge in [0.2, 0.25) is 5.91 Å². The molecule has 0 fully saturated rings. The third-order valence-electron chi connectivity index (χ3n) is 2.14. The van der Waals surface area contributed by atoms with E-state index >= 15 is 0 Å². The van der Waals surface area contributed by atoms with Gasteiger partial charge in [-0.25, -0.2) is 0 Å². The minimum absolute atomic E-state index is 0.0235. The minimum Gasteiger partial charge on any atom is -0.480 e. The molecule has 0 aliphatic rings. The topological polar surface area (TPSA) is 57.6 Å². The van der Waals surface area contributed by atoms with Crippen molar-refractivity contribution in [2.75, 3.05) is 13.1 Å². The van der Waals surface area contributed by atoms with Crippen molar-refractivity contribution >= 4 is 18.0 Å². The minimum atomic E-state index is -1.09. The van der Waals surface area contributed by atoms with Gasteiger partial charge in [-0.1, -0.05) is 36.3 Å². The molecule has 0 aliphatic heterocycles. The molecule has 92 valence electrons. The third-order valence-corrected chi connectivity index (χ3v) is 2.14. The molecule has 0 spiro atoms. The molecule has 18 heavy (non-hydrogen) atoms. The number of nitrogens with zero attached hydrogens (tertiary/aromatic N) is 1. The van der Waals surface area contributed by atoms with E-state index in [4.69, 9.17) is 11.5 Å². The molecule has 0 radical (unpaired) electrons. The van der Waals surface area contributed by atoms with Crippen molar-refractivity contribution in [2.45, 2.75) is 0 Å². The Labute approximate surface area is 106 Å². The smallest absolute Gasteiger partial charge is 0.323 e. The van der Waals surface area contributed by atoms with Crippen molar-refractivity contribution in [2.24, 2.45) is 0 Å². The quantitative estimate of drug-likeness (QED) is 0.625. The van der Waals surface area contributed by atoms with Crippen LogP contribution in [0.3, 0.4) is 0 Å². The summed E-state index contributed by atoms with van der Waals surface area (Å²) in [5, 5.41) is 8.66. The molecule has 4 heteroatoms. The molecule has 1 N–H and O–H groups in total. The highest BCUT2D eigenvalue weighted by Gasteiger charge is 2.12. The van der Waals surface area contributed by atoms with Gasteiger partial charge in [-0.05, 0) is 11.6 Å². The van der Waals surface area contributed by atoms with Crippen LogP contribution in [0.5, 0.6) is 0 Å². The lowest BCUT2D eigenvalue weighted by molar-refractivity contribution is -0.142. The van der Waals surface area contributed by atoms with Gasteiger partial charge in [0.15, 0.2) is 0 Å². The fourth-order valence-electron chi connectivity index (χ4n) is 1.32. The maximum atomic E-state index is 11.7. The number of carboxylic acids is 1. The number of hydrogen-bond acceptors (Lipinski definition) is 2. The molecule has 1 amide bonds. The second kappa shape index (κ2) is 6.92. The Morgan fingerprint density at radius 1 is 1.33 bits per heavy atom. The summed E-state index contributed by atoms with van der Waals surface area (Å²) in [6, 6.07) is 9.24. The first-order valence-corrected chi connectivity index (χ1v) is 5.31. The Morgan fingerprint density at radius 2 is 2.00 bits per heavy atom. The predicted octanol–water partition coefficient (Wildman–Crippen LogP) is 1.25. The first kappa shape index (κ1) is 13.5. The highest BCUT2D eigenvalue weighted by atomic mass is 16.4. The molecule has 4 nitrogen and oxygen atoms in total. The van der Waals surface area contributed by atoms with Gasteiger partial charge in [0.1, 0.15) is 6.54 Å². The summed E-state index contributed by atoms with van der Waals surface area (Å²) in [5.74, 6) is 0.752. The molecule has 0 atom stereocenters. The van der Waals surface area contributed by atoms with E-state index < -0.39 is 18.4 Å². The van der Waals surface area contributed by atoms with Gasteiger partial charge in [0, 0.05) is 6.08 Å². The molecule has 0 aromatic heterocycles. The van der Waals surface area contributed by atoms with Gasteiger partial charge in [-0.2, -0.15) is 0 Å². The summed E-state index contributed by atoms with van der Waals surface area (Å²) in [6.45, 7) is -0.424. The lowest BCUT2D eigenvalue weighted by Gasteiger charge is -2.15. The van der Waals surface area contributed by atoms with E-state index in [1.54, 1.807) is 6.08 Å². The zero-order valence-corrected chi connectivity index (χ0v) is 9.74. The van der Waals surface area contributed by atoms with Gasteiger partial charge < -0.3 is 10.0 Å². The molecule has 0 bridgehead atoms. The van der Waals surface area contributed by atoms with E-state index in [-0.39, 0.29) is 6.54 Å². The predicted molar refractivity (Wildman–Crippen MR) is 68.5 cm³/mol. The van der Waals surface area contributed by atoms with Gasteiger partial charge >= 0.3 is 5.97 Å². The van der Waals surface area contributed by atoms with Crippen molar-refractivity contribution in [3.05, 3.63) is 42.0 Å². The fourth-order valence-corrected chi connectivity index (χ4v) is 1.32. The van der Waals surface area contributed by atoms with Crippen molar-refractivity contribution in [3.8, 4) is 12.3 Å². The van der Waals surface area contributed by atoms with E-state index in [0.717, 1.165) is 10.5 Å². The largest absolute Gasteiger partial charge is 0.480 e. The van der Waals surface area contributed by atoms with Crippen LogP contribution < -0.4 is 0 Å². The summed E-state index contributed by atoms with van der Waals surface area (Å²) >= 11 is 0. The fraction of sp³-hybridized carbons (Fsp3) is 0.143. The highest BCUT2D eigenvalue weighted by molar-refractivity contribution is 5.93. The van der Waals surface area contributed by atoms with Crippen LogP contribution in [0.4, 0.5) is 0 Å². The molecule has 1 aromatic rings. The lowest BCUT2D eigenvalue weighted by atomic mass is 10.2. The van der Waals surface area contributed by atoms with Gasteiger partial charge in [-0.3, -0.25) is 9.59 Å². The van der Waals surface area contributed by atoms with E-state index in [9.17, 15) is 9.59 Å². The SMILES string of the molecule is C#CCN(CC(=O)O)C(=O)C=Cc1ccccc1. The molecule has 0 saturated carbocycles. The molecule has 0 saturated heterocycles. The second-order valence-corrected chi connectivity index (χ2v) is 3.54. The number of rotatable bonds is 5. The Kier molecular flexibility index (Phi) is 5.20. The summed E-state index contributed by atoms with van der Waals surface area (Å²) in [7, 11) is 0. The number of benzene rings is 1. The monoisotopic (exact) mass is 243 g/mol. The van der Waals surface area contributed by atoms with Crippen LogP contribution in [-0.2, 0) is 9.59 Å². The number of aliphatic carboxylic acids is 1. The third kappa shape index (κ3) is 4.54. The summed E-state index contributed by atoms with van der Waals surface area (Å²) < 4.78 is 0. The van der Waals surface area contributed by atoms with E-state index in [1.807, 2.05) is 30.3 Å². The van der Waals surface area contributed by atoms with Gasteiger partial charge in [-0.15, -0.1) is 6.42 Å². The molecule has 0 unspecified atom stereocenters. The van der Waals surface area contributed by atoms with E-state index in [1.165, 1.54) is 6.08 Å². The van der Waals surface area contributed by atoms with Gasteiger partial charge in [0.05, 0.1) is 6.54 Å². The maximum absolute atomic E-state index is 11.7. The molecule has 0 heterocycles. The lowest BCUT2D eigenvalue weighted by Crippen LogP contribution is -2.34. The van der Waals surface area contributed by atoms with Crippen molar-refractivity contribution in [1.82, 2.24) is 4.90 Å². The Morgan fingerprint density at radius 3 is 2.56 bits per heavy atom. The summed E-state index contributed by atoms with van der Waals surface area (Å²) in [5.41, 5.74) is 0.863. The number of terminal acetylenes is 1. The number of carbonyl (C=O) groups is 2. The second-order valence-electron chi connectivity index (χ2n) is 3.54. The van der Waals surface area contributed by atoms with Crippen LogP contribution in [0, 0.1) is 12.3 Å². The molecular weight excluding hydrogens is 230 g/mol. The molecule has 0 aliphatic carbocycles.